The van der Waals surface area contributed by atoms with Gasteiger partial charge in [0.15, 0.2) is 0 Å². The molecule has 1 aliphatic heterocycles. The zero-order valence-corrected chi connectivity index (χ0v) is 19.8. The maximum Gasteiger partial charge on any atom is 0.513 e. The highest BCUT2D eigenvalue weighted by molar-refractivity contribution is 7.92. The Hall–Kier alpha value is -3.60. The zero-order valence-electron chi connectivity index (χ0n) is 19.0. The SMILES string of the molecule is CCOC(=O)Oc1ccc(C(=O)N2CCCN(C(=O)c3ccc(NS(C)(=O)=O)cc3)CC2)cc1. The summed E-state index contributed by atoms with van der Waals surface area (Å²) in [7, 11) is -3.39. The van der Waals surface area contributed by atoms with Gasteiger partial charge in [0.25, 0.3) is 11.8 Å². The summed E-state index contributed by atoms with van der Waals surface area (Å²) in [5.41, 5.74) is 1.27. The Bertz CT molecular complexity index is 1130. The van der Waals surface area contributed by atoms with E-state index in [2.05, 4.69) is 4.72 Å². The van der Waals surface area contributed by atoms with Crippen LogP contribution < -0.4 is 9.46 Å². The summed E-state index contributed by atoms with van der Waals surface area (Å²) in [4.78, 5) is 40.6. The molecular weight excluding hydrogens is 462 g/mol. The number of carbonyl (C=O) groups is 3. The molecule has 2 aromatic carbocycles. The molecule has 182 valence electrons. The highest BCUT2D eigenvalue weighted by atomic mass is 32.2. The number of benzene rings is 2. The number of ether oxygens (including phenoxy) is 2. The molecule has 2 amide bonds. The largest absolute Gasteiger partial charge is 0.513 e. The fourth-order valence-corrected chi connectivity index (χ4v) is 4.06. The number of carbonyl (C=O) groups excluding carboxylic acids is 3. The molecule has 0 atom stereocenters. The summed E-state index contributed by atoms with van der Waals surface area (Å²) < 4.78 is 34.8. The second kappa shape index (κ2) is 11.0. The monoisotopic (exact) mass is 489 g/mol. The van der Waals surface area contributed by atoms with Crippen LogP contribution >= 0.6 is 0 Å². The minimum atomic E-state index is -3.39. The van der Waals surface area contributed by atoms with E-state index in [0.29, 0.717) is 49.4 Å². The summed E-state index contributed by atoms with van der Waals surface area (Å²) >= 11 is 0. The summed E-state index contributed by atoms with van der Waals surface area (Å²) in [6.45, 7) is 3.63. The van der Waals surface area contributed by atoms with Crippen LogP contribution in [0.25, 0.3) is 0 Å². The van der Waals surface area contributed by atoms with Crippen molar-refractivity contribution in [3.63, 3.8) is 0 Å². The molecular formula is C23H27N3O7S. The average molecular weight is 490 g/mol. The van der Waals surface area contributed by atoms with E-state index in [4.69, 9.17) is 9.47 Å². The number of nitrogens with zero attached hydrogens (tertiary/aromatic N) is 2. The van der Waals surface area contributed by atoms with Gasteiger partial charge in [-0.05, 0) is 61.9 Å². The van der Waals surface area contributed by atoms with E-state index >= 15 is 0 Å². The Kier molecular flexibility index (Phi) is 8.11. The summed E-state index contributed by atoms with van der Waals surface area (Å²) in [6.07, 6.45) is 0.872. The van der Waals surface area contributed by atoms with Crippen molar-refractivity contribution in [2.75, 3.05) is 43.8 Å². The molecule has 0 aromatic heterocycles. The second-order valence-electron chi connectivity index (χ2n) is 7.70. The molecule has 1 saturated heterocycles. The maximum atomic E-state index is 12.9. The van der Waals surface area contributed by atoms with E-state index in [9.17, 15) is 22.8 Å². The molecule has 10 nitrogen and oxygen atoms in total. The van der Waals surface area contributed by atoms with E-state index in [1.807, 2.05) is 0 Å². The first-order valence-corrected chi connectivity index (χ1v) is 12.7. The van der Waals surface area contributed by atoms with E-state index in [1.165, 1.54) is 24.3 Å². The van der Waals surface area contributed by atoms with Gasteiger partial charge in [-0.3, -0.25) is 14.3 Å². The van der Waals surface area contributed by atoms with Crippen LogP contribution in [0.3, 0.4) is 0 Å². The number of sulfonamides is 1. The van der Waals surface area contributed by atoms with Crippen molar-refractivity contribution in [1.82, 2.24) is 9.80 Å². The van der Waals surface area contributed by atoms with Crippen LogP contribution in [0, 0.1) is 0 Å². The highest BCUT2D eigenvalue weighted by Crippen LogP contribution is 2.17. The summed E-state index contributed by atoms with van der Waals surface area (Å²) in [5.74, 6) is -0.0748. The van der Waals surface area contributed by atoms with Crippen LogP contribution in [0.4, 0.5) is 10.5 Å². The molecule has 0 spiro atoms. The predicted molar refractivity (Wildman–Crippen MR) is 125 cm³/mol. The van der Waals surface area contributed by atoms with Crippen molar-refractivity contribution in [1.29, 1.82) is 0 Å². The fraction of sp³-hybridized carbons (Fsp3) is 0.348. The lowest BCUT2D eigenvalue weighted by molar-refractivity contribution is 0.0718. The standard InChI is InChI=1S/C23H27N3O7S/c1-3-32-23(29)33-20-11-7-18(8-12-20)22(28)26-14-4-13-25(15-16-26)21(27)17-5-9-19(10-6-17)24-34(2,30)31/h5-12,24H,3-4,13-16H2,1-2H3. The van der Waals surface area contributed by atoms with Crippen molar-refractivity contribution in [3.05, 3.63) is 59.7 Å². The average Bonchev–Trinajstić information content (AvgIpc) is 3.05. The molecule has 2 aromatic rings. The van der Waals surface area contributed by atoms with Gasteiger partial charge in [-0.15, -0.1) is 0 Å². The number of hydrogen-bond acceptors (Lipinski definition) is 7. The Morgan fingerprint density at radius 1 is 0.853 bits per heavy atom. The van der Waals surface area contributed by atoms with E-state index in [-0.39, 0.29) is 24.2 Å². The minimum absolute atomic E-state index is 0.173. The van der Waals surface area contributed by atoms with Crippen molar-refractivity contribution in [3.8, 4) is 5.75 Å². The predicted octanol–water partition coefficient (Wildman–Crippen LogP) is 2.58. The second-order valence-corrected chi connectivity index (χ2v) is 9.45. The molecule has 1 fully saturated rings. The molecule has 11 heteroatoms. The molecule has 1 N–H and O–H groups in total. The summed E-state index contributed by atoms with van der Waals surface area (Å²) in [6, 6.07) is 12.4. The quantitative estimate of drug-likeness (QED) is 0.489. The van der Waals surface area contributed by atoms with Gasteiger partial charge in [0, 0.05) is 43.0 Å². The number of amides is 2. The van der Waals surface area contributed by atoms with Gasteiger partial charge in [0.05, 0.1) is 12.9 Å². The number of anilines is 1. The fourth-order valence-electron chi connectivity index (χ4n) is 3.49. The van der Waals surface area contributed by atoms with E-state index < -0.39 is 16.2 Å². The van der Waals surface area contributed by atoms with Crippen LogP contribution in [-0.4, -0.2) is 75.2 Å². The van der Waals surface area contributed by atoms with Gasteiger partial charge in [0.2, 0.25) is 10.0 Å². The molecule has 0 radical (unpaired) electrons. The molecule has 34 heavy (non-hydrogen) atoms. The molecule has 3 rings (SSSR count). The van der Waals surface area contributed by atoms with Crippen molar-refractivity contribution < 1.29 is 32.3 Å². The first kappa shape index (κ1) is 25.0. The van der Waals surface area contributed by atoms with Crippen LogP contribution in [-0.2, 0) is 14.8 Å². The third kappa shape index (κ3) is 6.95. The maximum absolute atomic E-state index is 12.9. The molecule has 1 heterocycles. The lowest BCUT2D eigenvalue weighted by atomic mass is 10.2. The van der Waals surface area contributed by atoms with E-state index in [0.717, 1.165) is 6.26 Å². The first-order valence-electron chi connectivity index (χ1n) is 10.8. The smallest absolute Gasteiger partial charge is 0.434 e. The zero-order chi connectivity index (χ0) is 24.7. The molecule has 0 bridgehead atoms. The minimum Gasteiger partial charge on any atom is -0.434 e. The number of nitrogens with one attached hydrogen (secondary N) is 1. The lowest BCUT2D eigenvalue weighted by Crippen LogP contribution is -2.37. The van der Waals surface area contributed by atoms with Gasteiger partial charge in [-0.1, -0.05) is 0 Å². The molecule has 0 aliphatic carbocycles. The van der Waals surface area contributed by atoms with Crippen LogP contribution in [0.2, 0.25) is 0 Å². The Balaban J connectivity index is 1.58. The van der Waals surface area contributed by atoms with Crippen molar-refractivity contribution in [2.24, 2.45) is 0 Å². The van der Waals surface area contributed by atoms with Crippen molar-refractivity contribution >= 4 is 33.7 Å². The highest BCUT2D eigenvalue weighted by Gasteiger charge is 2.24. The molecule has 1 aliphatic rings. The van der Waals surface area contributed by atoms with Gasteiger partial charge < -0.3 is 19.3 Å². The third-order valence-electron chi connectivity index (χ3n) is 5.07. The van der Waals surface area contributed by atoms with Gasteiger partial charge in [-0.25, -0.2) is 13.2 Å². The normalized spacial score (nSPS) is 14.2. The van der Waals surface area contributed by atoms with Gasteiger partial charge in [-0.2, -0.15) is 0 Å². The first-order chi connectivity index (χ1) is 16.2. The summed E-state index contributed by atoms with van der Waals surface area (Å²) in [5, 5.41) is 0. The van der Waals surface area contributed by atoms with Crippen LogP contribution in [0.1, 0.15) is 34.1 Å². The number of hydrogen-bond donors (Lipinski definition) is 1. The lowest BCUT2D eigenvalue weighted by Gasteiger charge is -2.22. The van der Waals surface area contributed by atoms with Crippen molar-refractivity contribution in [2.45, 2.75) is 13.3 Å². The van der Waals surface area contributed by atoms with Crippen LogP contribution in [0.15, 0.2) is 48.5 Å². The topological polar surface area (TPSA) is 122 Å². The Morgan fingerprint density at radius 3 is 1.82 bits per heavy atom. The molecule has 0 saturated carbocycles. The number of rotatable bonds is 6. The Morgan fingerprint density at radius 2 is 1.35 bits per heavy atom. The van der Waals surface area contributed by atoms with E-state index in [1.54, 1.807) is 41.0 Å². The molecule has 0 unspecified atom stereocenters. The van der Waals surface area contributed by atoms with Crippen LogP contribution in [0.5, 0.6) is 5.75 Å². The van der Waals surface area contributed by atoms with Gasteiger partial charge >= 0.3 is 6.16 Å². The van der Waals surface area contributed by atoms with Gasteiger partial charge in [0.1, 0.15) is 5.75 Å². The Labute approximate surface area is 198 Å². The third-order valence-corrected chi connectivity index (χ3v) is 5.68.